The molecule has 16 heavy (non-hydrogen) atoms. The van der Waals surface area contributed by atoms with Crippen LogP contribution in [0, 0.1) is 5.41 Å². The van der Waals surface area contributed by atoms with Crippen molar-refractivity contribution in [1.82, 2.24) is 9.97 Å². The van der Waals surface area contributed by atoms with E-state index in [9.17, 15) is 9.59 Å². The van der Waals surface area contributed by atoms with Gasteiger partial charge in [-0.2, -0.15) is 0 Å². The fourth-order valence-corrected chi connectivity index (χ4v) is 2.29. The summed E-state index contributed by atoms with van der Waals surface area (Å²) in [4.78, 5) is 29.6. The molecule has 0 saturated heterocycles. The minimum absolute atomic E-state index is 0.0308. The fourth-order valence-electron chi connectivity index (χ4n) is 2.29. The highest BCUT2D eigenvalue weighted by atomic mass is 16.5. The number of aromatic amines is 1. The van der Waals surface area contributed by atoms with Crippen LogP contribution in [0.25, 0.3) is 0 Å². The van der Waals surface area contributed by atoms with Gasteiger partial charge in [-0.15, -0.1) is 0 Å². The van der Waals surface area contributed by atoms with Crippen LogP contribution >= 0.6 is 0 Å². The van der Waals surface area contributed by atoms with E-state index in [0.29, 0.717) is 11.3 Å². The average Bonchev–Trinajstić information content (AvgIpc) is 3.19. The minimum Gasteiger partial charge on any atom is -0.465 e. The van der Waals surface area contributed by atoms with Gasteiger partial charge in [0.15, 0.2) is 0 Å². The first-order chi connectivity index (χ1) is 7.66. The lowest BCUT2D eigenvalue weighted by molar-refractivity contribution is 0.0598. The standard InChI is InChI=1S/C11H12N2O3/c1-16-10(15)6-5-12-8(13-9(6)14)7-4-11(7)2-3-11/h5,7H,2-4H2,1H3,(H,12,13,14). The van der Waals surface area contributed by atoms with Gasteiger partial charge in [0.1, 0.15) is 11.4 Å². The Balaban J connectivity index is 1.91. The molecule has 3 rings (SSSR count). The Bertz CT molecular complexity index is 516. The van der Waals surface area contributed by atoms with E-state index in [1.54, 1.807) is 0 Å². The van der Waals surface area contributed by atoms with Gasteiger partial charge in [0.2, 0.25) is 0 Å². The number of carbonyl (C=O) groups is 1. The van der Waals surface area contributed by atoms with Crippen molar-refractivity contribution in [2.24, 2.45) is 5.41 Å². The van der Waals surface area contributed by atoms with Crippen molar-refractivity contribution in [1.29, 1.82) is 0 Å². The molecule has 5 heteroatoms. The van der Waals surface area contributed by atoms with E-state index < -0.39 is 11.5 Å². The normalized spacial score (nSPS) is 24.2. The third kappa shape index (κ3) is 1.27. The summed E-state index contributed by atoms with van der Waals surface area (Å²) < 4.78 is 4.49. The number of esters is 1. The number of nitrogens with one attached hydrogen (secondary N) is 1. The van der Waals surface area contributed by atoms with Crippen molar-refractivity contribution in [2.75, 3.05) is 7.11 Å². The summed E-state index contributed by atoms with van der Waals surface area (Å²) in [5.41, 5.74) is 0.0132. The second kappa shape index (κ2) is 2.93. The van der Waals surface area contributed by atoms with Crippen molar-refractivity contribution < 1.29 is 9.53 Å². The van der Waals surface area contributed by atoms with Crippen molar-refractivity contribution in [3.8, 4) is 0 Å². The number of nitrogens with zero attached hydrogens (tertiary/aromatic N) is 1. The molecule has 1 atom stereocenters. The number of H-pyrrole nitrogens is 1. The Kier molecular flexibility index (Phi) is 1.75. The Labute approximate surface area is 91.9 Å². The first-order valence-corrected chi connectivity index (χ1v) is 5.34. The van der Waals surface area contributed by atoms with Crippen LogP contribution < -0.4 is 5.56 Å². The van der Waals surface area contributed by atoms with Crippen LogP contribution in [0.5, 0.6) is 0 Å². The predicted octanol–water partition coefficient (Wildman–Crippen LogP) is 0.824. The van der Waals surface area contributed by atoms with Gasteiger partial charge in [-0.25, -0.2) is 9.78 Å². The van der Waals surface area contributed by atoms with E-state index in [0.717, 1.165) is 12.2 Å². The minimum atomic E-state index is -0.641. The molecule has 2 aliphatic carbocycles. The van der Waals surface area contributed by atoms with Crippen molar-refractivity contribution in [3.05, 3.63) is 27.9 Å². The maximum atomic E-state index is 11.6. The molecule has 0 aromatic carbocycles. The molecule has 2 saturated carbocycles. The number of hydrogen-bond acceptors (Lipinski definition) is 4. The van der Waals surface area contributed by atoms with Gasteiger partial charge in [-0.05, 0) is 24.7 Å². The lowest BCUT2D eigenvalue weighted by atomic mass is 10.2. The molecular weight excluding hydrogens is 208 g/mol. The SMILES string of the molecule is COC(=O)c1cnc(C2CC23CC3)[nH]c1=O. The van der Waals surface area contributed by atoms with Gasteiger partial charge >= 0.3 is 5.97 Å². The first kappa shape index (κ1) is 9.57. The van der Waals surface area contributed by atoms with Crippen LogP contribution in [0.15, 0.2) is 11.0 Å². The zero-order valence-electron chi connectivity index (χ0n) is 8.95. The van der Waals surface area contributed by atoms with Gasteiger partial charge in [-0.3, -0.25) is 4.79 Å². The zero-order chi connectivity index (χ0) is 11.3. The molecule has 1 unspecified atom stereocenters. The summed E-state index contributed by atoms with van der Waals surface area (Å²) >= 11 is 0. The molecule has 1 aromatic rings. The summed E-state index contributed by atoms with van der Waals surface area (Å²) in [5, 5.41) is 0. The van der Waals surface area contributed by atoms with Crippen LogP contribution in [0.1, 0.15) is 41.4 Å². The van der Waals surface area contributed by atoms with Crippen LogP contribution in [0.2, 0.25) is 0 Å². The number of rotatable bonds is 2. The molecule has 1 N–H and O–H groups in total. The third-order valence-corrected chi connectivity index (χ3v) is 3.64. The Morgan fingerprint density at radius 3 is 2.88 bits per heavy atom. The largest absolute Gasteiger partial charge is 0.465 e. The lowest BCUT2D eigenvalue weighted by Crippen LogP contribution is -2.21. The van der Waals surface area contributed by atoms with E-state index in [1.165, 1.54) is 26.1 Å². The van der Waals surface area contributed by atoms with Crippen molar-refractivity contribution in [3.63, 3.8) is 0 Å². The molecule has 1 heterocycles. The molecule has 2 aliphatic rings. The van der Waals surface area contributed by atoms with Crippen molar-refractivity contribution in [2.45, 2.75) is 25.2 Å². The summed E-state index contributed by atoms with van der Waals surface area (Å²) in [6.45, 7) is 0. The Morgan fingerprint density at radius 1 is 1.62 bits per heavy atom. The number of hydrogen-bond donors (Lipinski definition) is 1. The van der Waals surface area contributed by atoms with Crippen molar-refractivity contribution >= 4 is 5.97 Å². The quantitative estimate of drug-likeness (QED) is 0.749. The number of aromatic nitrogens is 2. The number of methoxy groups -OCH3 is 1. The highest BCUT2D eigenvalue weighted by molar-refractivity contribution is 5.88. The van der Waals surface area contributed by atoms with E-state index in [4.69, 9.17) is 0 Å². The summed E-state index contributed by atoms with van der Waals surface area (Å²) in [7, 11) is 1.25. The van der Waals surface area contributed by atoms with E-state index in [1.807, 2.05) is 0 Å². The topological polar surface area (TPSA) is 72.0 Å². The number of ether oxygens (including phenoxy) is 1. The molecule has 5 nitrogen and oxygen atoms in total. The molecule has 0 amide bonds. The molecule has 1 spiro atoms. The van der Waals surface area contributed by atoms with Gasteiger partial charge in [0.05, 0.1) is 7.11 Å². The Hall–Kier alpha value is -1.65. The van der Waals surface area contributed by atoms with E-state index in [-0.39, 0.29) is 5.56 Å². The molecule has 84 valence electrons. The predicted molar refractivity (Wildman–Crippen MR) is 55.2 cm³/mol. The summed E-state index contributed by atoms with van der Waals surface area (Å²) in [6, 6.07) is 0. The number of carbonyl (C=O) groups excluding carboxylic acids is 1. The molecule has 0 radical (unpaired) electrons. The molecule has 2 fully saturated rings. The van der Waals surface area contributed by atoms with E-state index in [2.05, 4.69) is 14.7 Å². The molecule has 1 aromatic heterocycles. The fraction of sp³-hybridized carbons (Fsp3) is 0.545. The zero-order valence-corrected chi connectivity index (χ0v) is 8.95. The maximum absolute atomic E-state index is 11.6. The van der Waals surface area contributed by atoms with Gasteiger partial charge in [0.25, 0.3) is 5.56 Å². The van der Waals surface area contributed by atoms with Crippen LogP contribution in [-0.2, 0) is 4.74 Å². The summed E-state index contributed by atoms with van der Waals surface area (Å²) in [5.74, 6) is 0.472. The Morgan fingerprint density at radius 2 is 2.38 bits per heavy atom. The van der Waals surface area contributed by atoms with Gasteiger partial charge in [-0.1, -0.05) is 0 Å². The third-order valence-electron chi connectivity index (χ3n) is 3.64. The molecule has 0 bridgehead atoms. The highest BCUT2D eigenvalue weighted by Crippen LogP contribution is 2.74. The van der Waals surface area contributed by atoms with Gasteiger partial charge in [0, 0.05) is 12.1 Å². The van der Waals surface area contributed by atoms with Crippen LogP contribution in [-0.4, -0.2) is 23.0 Å². The highest BCUT2D eigenvalue weighted by Gasteiger charge is 2.64. The smallest absolute Gasteiger partial charge is 0.345 e. The monoisotopic (exact) mass is 220 g/mol. The van der Waals surface area contributed by atoms with Gasteiger partial charge < -0.3 is 9.72 Å². The average molecular weight is 220 g/mol. The maximum Gasteiger partial charge on any atom is 0.345 e. The van der Waals surface area contributed by atoms with E-state index >= 15 is 0 Å². The second-order valence-electron chi connectivity index (χ2n) is 4.62. The second-order valence-corrected chi connectivity index (χ2v) is 4.62. The lowest BCUT2D eigenvalue weighted by Gasteiger charge is -2.00. The first-order valence-electron chi connectivity index (χ1n) is 5.34. The molecular formula is C11H12N2O3. The molecule has 0 aliphatic heterocycles. The van der Waals surface area contributed by atoms with Crippen LogP contribution in [0.3, 0.4) is 0 Å². The van der Waals surface area contributed by atoms with Crippen LogP contribution in [0.4, 0.5) is 0 Å². The summed E-state index contributed by atoms with van der Waals surface area (Å²) in [6.07, 6.45) is 4.90.